The van der Waals surface area contributed by atoms with E-state index in [2.05, 4.69) is 0 Å². The van der Waals surface area contributed by atoms with E-state index in [0.717, 1.165) is 16.9 Å². The molecule has 0 spiro atoms. The van der Waals surface area contributed by atoms with Gasteiger partial charge in [0.2, 0.25) is 0 Å². The van der Waals surface area contributed by atoms with Crippen molar-refractivity contribution in [2.45, 2.75) is 33.0 Å². The summed E-state index contributed by atoms with van der Waals surface area (Å²) in [4.78, 5) is 11.5. The molecular formula is C18H21NO3. The lowest BCUT2D eigenvalue weighted by molar-refractivity contribution is -0.135. The molecule has 2 rings (SSSR count). The van der Waals surface area contributed by atoms with Crippen LogP contribution >= 0.6 is 0 Å². The molecule has 1 unspecified atom stereocenters. The summed E-state index contributed by atoms with van der Waals surface area (Å²) >= 11 is 0. The molecule has 116 valence electrons. The number of primary amides is 1. The molecule has 1 amide bonds. The van der Waals surface area contributed by atoms with Crippen LogP contribution in [0, 0.1) is 13.8 Å². The largest absolute Gasteiger partial charge is 0.489 e. The Bertz CT molecular complexity index is 692. The second-order valence-corrected chi connectivity index (χ2v) is 5.65. The Morgan fingerprint density at radius 3 is 2.55 bits per heavy atom. The Morgan fingerprint density at radius 2 is 1.91 bits per heavy atom. The summed E-state index contributed by atoms with van der Waals surface area (Å²) in [6.07, 6.45) is 0. The lowest BCUT2D eigenvalue weighted by Crippen LogP contribution is -2.39. The first-order valence-electron chi connectivity index (χ1n) is 7.13. The Morgan fingerprint density at radius 1 is 1.23 bits per heavy atom. The van der Waals surface area contributed by atoms with Gasteiger partial charge in [-0.1, -0.05) is 42.0 Å². The normalized spacial score (nSPS) is 13.5. The lowest BCUT2D eigenvalue weighted by atomic mass is 9.91. The van der Waals surface area contributed by atoms with E-state index in [1.807, 2.05) is 44.2 Å². The number of ether oxygens (including phenoxy) is 1. The van der Waals surface area contributed by atoms with Crippen molar-refractivity contribution in [3.63, 3.8) is 0 Å². The maximum atomic E-state index is 11.5. The van der Waals surface area contributed by atoms with Gasteiger partial charge in [-0.15, -0.1) is 0 Å². The predicted molar refractivity (Wildman–Crippen MR) is 85.5 cm³/mol. The van der Waals surface area contributed by atoms with E-state index in [0.29, 0.717) is 5.56 Å². The van der Waals surface area contributed by atoms with Gasteiger partial charge in [0.05, 0.1) is 0 Å². The Hall–Kier alpha value is -2.33. The maximum absolute atomic E-state index is 11.5. The fraction of sp³-hybridized carbons (Fsp3) is 0.278. The van der Waals surface area contributed by atoms with E-state index in [9.17, 15) is 9.90 Å². The van der Waals surface area contributed by atoms with E-state index in [4.69, 9.17) is 10.5 Å². The molecule has 0 aromatic heterocycles. The first-order chi connectivity index (χ1) is 10.3. The second kappa shape index (κ2) is 6.20. The SMILES string of the molecule is Cc1ccc(OCc2ccccc2C(C)(O)C(N)=O)c(C)c1. The van der Waals surface area contributed by atoms with Crippen molar-refractivity contribution in [3.8, 4) is 5.75 Å². The molecule has 0 heterocycles. The molecular weight excluding hydrogens is 278 g/mol. The van der Waals surface area contributed by atoms with E-state index in [-0.39, 0.29) is 6.61 Å². The summed E-state index contributed by atoms with van der Waals surface area (Å²) in [5.74, 6) is -0.00872. The molecule has 0 saturated heterocycles. The third kappa shape index (κ3) is 3.28. The molecule has 0 saturated carbocycles. The highest BCUT2D eigenvalue weighted by Crippen LogP contribution is 2.26. The van der Waals surface area contributed by atoms with Gasteiger partial charge in [0.1, 0.15) is 12.4 Å². The molecule has 2 aromatic carbocycles. The first kappa shape index (κ1) is 16.0. The zero-order chi connectivity index (χ0) is 16.3. The summed E-state index contributed by atoms with van der Waals surface area (Å²) in [5, 5.41) is 10.3. The molecule has 0 fully saturated rings. The van der Waals surface area contributed by atoms with Gasteiger partial charge in [0.25, 0.3) is 5.91 Å². The fourth-order valence-electron chi connectivity index (χ4n) is 2.37. The quantitative estimate of drug-likeness (QED) is 0.891. The number of aliphatic hydroxyl groups is 1. The van der Waals surface area contributed by atoms with Crippen molar-refractivity contribution < 1.29 is 14.6 Å². The molecule has 1 atom stereocenters. The first-order valence-corrected chi connectivity index (χ1v) is 7.13. The van der Waals surface area contributed by atoms with Crippen LogP contribution in [0.2, 0.25) is 0 Å². The smallest absolute Gasteiger partial charge is 0.253 e. The third-order valence-electron chi connectivity index (χ3n) is 3.74. The Kier molecular flexibility index (Phi) is 4.52. The summed E-state index contributed by atoms with van der Waals surface area (Å²) in [6, 6.07) is 13.0. The zero-order valence-electron chi connectivity index (χ0n) is 13.1. The maximum Gasteiger partial charge on any atom is 0.253 e. The van der Waals surface area contributed by atoms with Crippen LogP contribution in [-0.4, -0.2) is 11.0 Å². The van der Waals surface area contributed by atoms with Crippen LogP contribution < -0.4 is 10.5 Å². The summed E-state index contributed by atoms with van der Waals surface area (Å²) in [6.45, 7) is 5.65. The average Bonchev–Trinajstić information content (AvgIpc) is 2.46. The van der Waals surface area contributed by atoms with Crippen molar-refractivity contribution in [2.75, 3.05) is 0 Å². The molecule has 0 aliphatic carbocycles. The van der Waals surface area contributed by atoms with Crippen LogP contribution in [0.3, 0.4) is 0 Å². The van der Waals surface area contributed by atoms with Crippen LogP contribution in [0.25, 0.3) is 0 Å². The Balaban J connectivity index is 2.26. The number of amides is 1. The average molecular weight is 299 g/mol. The summed E-state index contributed by atoms with van der Waals surface area (Å²) in [7, 11) is 0. The topological polar surface area (TPSA) is 72.6 Å². The molecule has 0 aliphatic rings. The molecule has 22 heavy (non-hydrogen) atoms. The number of hydrogen-bond donors (Lipinski definition) is 2. The molecule has 2 aromatic rings. The molecule has 0 bridgehead atoms. The minimum Gasteiger partial charge on any atom is -0.489 e. The van der Waals surface area contributed by atoms with Crippen molar-refractivity contribution in [3.05, 3.63) is 64.7 Å². The predicted octanol–water partition coefficient (Wildman–Crippen LogP) is 2.58. The van der Waals surface area contributed by atoms with Crippen molar-refractivity contribution in [1.29, 1.82) is 0 Å². The molecule has 0 aliphatic heterocycles. The second-order valence-electron chi connectivity index (χ2n) is 5.65. The van der Waals surface area contributed by atoms with Gasteiger partial charge >= 0.3 is 0 Å². The van der Waals surface area contributed by atoms with E-state index in [1.165, 1.54) is 12.5 Å². The number of aryl methyl sites for hydroxylation is 2. The monoisotopic (exact) mass is 299 g/mol. The number of benzene rings is 2. The van der Waals surface area contributed by atoms with E-state index < -0.39 is 11.5 Å². The molecule has 3 N–H and O–H groups in total. The van der Waals surface area contributed by atoms with Gasteiger partial charge in [-0.05, 0) is 43.5 Å². The van der Waals surface area contributed by atoms with Gasteiger partial charge in [-0.3, -0.25) is 4.79 Å². The fourth-order valence-corrected chi connectivity index (χ4v) is 2.37. The highest BCUT2D eigenvalue weighted by molar-refractivity contribution is 5.84. The van der Waals surface area contributed by atoms with Gasteiger partial charge < -0.3 is 15.6 Å². The van der Waals surface area contributed by atoms with Crippen molar-refractivity contribution >= 4 is 5.91 Å². The van der Waals surface area contributed by atoms with Gasteiger partial charge in [-0.2, -0.15) is 0 Å². The van der Waals surface area contributed by atoms with Gasteiger partial charge in [0.15, 0.2) is 5.60 Å². The van der Waals surface area contributed by atoms with Crippen LogP contribution in [0.15, 0.2) is 42.5 Å². The van der Waals surface area contributed by atoms with Gasteiger partial charge in [0, 0.05) is 0 Å². The Labute approximate surface area is 130 Å². The molecule has 4 heteroatoms. The summed E-state index contributed by atoms with van der Waals surface area (Å²) in [5.41, 5.74) is 6.97. The van der Waals surface area contributed by atoms with Gasteiger partial charge in [-0.25, -0.2) is 0 Å². The number of carbonyl (C=O) groups is 1. The third-order valence-corrected chi connectivity index (χ3v) is 3.74. The summed E-state index contributed by atoms with van der Waals surface area (Å²) < 4.78 is 5.83. The number of rotatable bonds is 5. The van der Waals surface area contributed by atoms with Crippen molar-refractivity contribution in [2.24, 2.45) is 5.73 Å². The van der Waals surface area contributed by atoms with Crippen LogP contribution in [0.5, 0.6) is 5.75 Å². The number of nitrogens with two attached hydrogens (primary N) is 1. The van der Waals surface area contributed by atoms with E-state index >= 15 is 0 Å². The molecule has 0 radical (unpaired) electrons. The minimum absolute atomic E-state index is 0.253. The van der Waals surface area contributed by atoms with Crippen LogP contribution in [0.4, 0.5) is 0 Å². The zero-order valence-corrected chi connectivity index (χ0v) is 13.1. The number of carbonyl (C=O) groups excluding carboxylic acids is 1. The highest BCUT2D eigenvalue weighted by Gasteiger charge is 2.32. The standard InChI is InChI=1S/C18H21NO3/c1-12-8-9-16(13(2)10-12)22-11-14-6-4-5-7-15(14)18(3,21)17(19)20/h4-10,21H,11H2,1-3H3,(H2,19,20). The minimum atomic E-state index is -1.72. The van der Waals surface area contributed by atoms with Crippen molar-refractivity contribution in [1.82, 2.24) is 0 Å². The number of hydrogen-bond acceptors (Lipinski definition) is 3. The van der Waals surface area contributed by atoms with E-state index in [1.54, 1.807) is 12.1 Å². The van der Waals surface area contributed by atoms with Crippen LogP contribution in [0.1, 0.15) is 29.2 Å². The lowest BCUT2D eigenvalue weighted by Gasteiger charge is -2.23. The van der Waals surface area contributed by atoms with Crippen LogP contribution in [-0.2, 0) is 17.0 Å². The molecule has 4 nitrogen and oxygen atoms in total. The highest BCUT2D eigenvalue weighted by atomic mass is 16.5.